The summed E-state index contributed by atoms with van der Waals surface area (Å²) >= 11 is 0. The molecule has 1 heterocycles. The Hall–Kier alpha value is -1.39. The molecule has 0 saturated carbocycles. The number of halogens is 1. The van der Waals surface area contributed by atoms with Gasteiger partial charge in [-0.05, 0) is 17.7 Å². The molecule has 0 spiro atoms. The monoisotopic (exact) mass is 291 g/mol. The number of para-hydroxylation sites is 1. The molecule has 1 fully saturated rings. The fraction of sp³-hybridized carbons (Fsp3) is 0.529. The zero-order valence-corrected chi connectivity index (χ0v) is 13.1. The Labute approximate surface area is 127 Å². The lowest BCUT2D eigenvalue weighted by Crippen LogP contribution is -2.47. The minimum atomic E-state index is -0.128. The lowest BCUT2D eigenvalue weighted by Gasteiger charge is -2.36. The highest BCUT2D eigenvalue weighted by Gasteiger charge is 2.19. The van der Waals surface area contributed by atoms with E-state index in [9.17, 15) is 4.39 Å². The van der Waals surface area contributed by atoms with E-state index in [4.69, 9.17) is 0 Å². The number of anilines is 1. The molecule has 0 bridgehead atoms. The van der Waals surface area contributed by atoms with E-state index >= 15 is 0 Å². The molecule has 0 unspecified atom stereocenters. The van der Waals surface area contributed by atoms with Crippen LogP contribution in [0.25, 0.3) is 0 Å². The van der Waals surface area contributed by atoms with Crippen molar-refractivity contribution >= 4 is 5.69 Å². The second-order valence-corrected chi connectivity index (χ2v) is 6.00. The van der Waals surface area contributed by atoms with Crippen LogP contribution in [-0.2, 0) is 0 Å². The maximum Gasteiger partial charge on any atom is 0.146 e. The van der Waals surface area contributed by atoms with Crippen LogP contribution in [0.15, 0.2) is 36.4 Å². The third kappa shape index (κ3) is 4.83. The molecule has 21 heavy (non-hydrogen) atoms. The van der Waals surface area contributed by atoms with Crippen LogP contribution in [0.5, 0.6) is 0 Å². The Morgan fingerprint density at radius 2 is 1.90 bits per heavy atom. The summed E-state index contributed by atoms with van der Waals surface area (Å²) in [7, 11) is 0. The molecule has 0 radical (unpaired) electrons. The minimum Gasteiger partial charge on any atom is -0.367 e. The van der Waals surface area contributed by atoms with Gasteiger partial charge in [0.2, 0.25) is 0 Å². The van der Waals surface area contributed by atoms with Gasteiger partial charge in [-0.2, -0.15) is 0 Å². The van der Waals surface area contributed by atoms with E-state index in [2.05, 4.69) is 35.5 Å². The topological polar surface area (TPSA) is 18.5 Å². The van der Waals surface area contributed by atoms with Crippen LogP contribution in [0.2, 0.25) is 0 Å². The van der Waals surface area contributed by atoms with Gasteiger partial charge >= 0.3 is 0 Å². The molecule has 0 atom stereocenters. The van der Waals surface area contributed by atoms with Gasteiger partial charge in [-0.25, -0.2) is 4.39 Å². The predicted octanol–water partition coefficient (Wildman–Crippen LogP) is 2.50. The van der Waals surface area contributed by atoms with E-state index in [0.29, 0.717) is 6.04 Å². The third-order valence-electron chi connectivity index (χ3n) is 3.77. The molecule has 116 valence electrons. The summed E-state index contributed by atoms with van der Waals surface area (Å²) in [5.74, 6) is -0.128. The van der Waals surface area contributed by atoms with Crippen LogP contribution in [0.4, 0.5) is 10.1 Å². The highest BCUT2D eigenvalue weighted by atomic mass is 19.1. The summed E-state index contributed by atoms with van der Waals surface area (Å²) in [6, 6.07) is 7.50. The normalized spacial score (nSPS) is 16.5. The smallest absolute Gasteiger partial charge is 0.146 e. The van der Waals surface area contributed by atoms with Crippen molar-refractivity contribution in [2.24, 2.45) is 0 Å². The van der Waals surface area contributed by atoms with Gasteiger partial charge in [0.15, 0.2) is 0 Å². The largest absolute Gasteiger partial charge is 0.367 e. The molecule has 0 aromatic heterocycles. The van der Waals surface area contributed by atoms with Gasteiger partial charge in [-0.1, -0.05) is 32.6 Å². The van der Waals surface area contributed by atoms with E-state index in [1.807, 2.05) is 12.1 Å². The molecule has 1 aliphatic heterocycles. The maximum atomic E-state index is 13.8. The summed E-state index contributed by atoms with van der Waals surface area (Å²) < 4.78 is 13.8. The molecular formula is C17H26FN3. The molecule has 2 rings (SSSR count). The molecule has 1 aliphatic rings. The van der Waals surface area contributed by atoms with E-state index < -0.39 is 0 Å². The predicted molar refractivity (Wildman–Crippen MR) is 87.3 cm³/mol. The Balaban J connectivity index is 1.78. The van der Waals surface area contributed by atoms with E-state index in [0.717, 1.165) is 45.0 Å². The zero-order valence-electron chi connectivity index (χ0n) is 13.1. The second kappa shape index (κ2) is 7.57. The van der Waals surface area contributed by atoms with Crippen molar-refractivity contribution in [3.05, 3.63) is 42.2 Å². The molecule has 0 aliphatic carbocycles. The number of benzene rings is 1. The molecular weight excluding hydrogens is 265 g/mol. The van der Waals surface area contributed by atoms with Crippen LogP contribution in [0, 0.1) is 5.82 Å². The average Bonchev–Trinajstić information content (AvgIpc) is 2.47. The van der Waals surface area contributed by atoms with Gasteiger partial charge in [0.25, 0.3) is 0 Å². The Morgan fingerprint density at radius 3 is 2.52 bits per heavy atom. The van der Waals surface area contributed by atoms with Gasteiger partial charge in [0, 0.05) is 45.3 Å². The number of hydrogen-bond donors (Lipinski definition) is 1. The van der Waals surface area contributed by atoms with Crippen LogP contribution in [-0.4, -0.2) is 50.2 Å². The standard InChI is InChI=1S/C17H26FN3/c1-14(2)19-12-15(3)13-20-8-10-21(11-9-20)17-7-5-4-6-16(17)18/h4-7,14,19H,3,8-13H2,1-2H3. The van der Waals surface area contributed by atoms with Crippen LogP contribution < -0.4 is 10.2 Å². The number of piperazine rings is 1. The van der Waals surface area contributed by atoms with Gasteiger partial charge < -0.3 is 10.2 Å². The van der Waals surface area contributed by atoms with Crippen LogP contribution in [0.1, 0.15) is 13.8 Å². The molecule has 4 heteroatoms. The second-order valence-electron chi connectivity index (χ2n) is 6.00. The van der Waals surface area contributed by atoms with Crippen molar-refractivity contribution in [3.8, 4) is 0 Å². The number of hydrogen-bond acceptors (Lipinski definition) is 3. The number of nitrogens with zero attached hydrogens (tertiary/aromatic N) is 2. The van der Waals surface area contributed by atoms with Crippen molar-refractivity contribution < 1.29 is 4.39 Å². The summed E-state index contributed by atoms with van der Waals surface area (Å²) in [5, 5.41) is 3.39. The lowest BCUT2D eigenvalue weighted by atomic mass is 10.2. The van der Waals surface area contributed by atoms with E-state index in [1.165, 1.54) is 11.6 Å². The SMILES string of the molecule is C=C(CNC(C)C)CN1CCN(c2ccccc2F)CC1. The molecule has 0 amide bonds. The van der Waals surface area contributed by atoms with E-state index in [-0.39, 0.29) is 5.82 Å². The molecule has 1 aromatic carbocycles. The first-order valence-electron chi connectivity index (χ1n) is 7.68. The summed E-state index contributed by atoms with van der Waals surface area (Å²) in [6.07, 6.45) is 0. The Bertz CT molecular complexity index is 465. The van der Waals surface area contributed by atoms with Gasteiger partial charge in [-0.3, -0.25) is 4.90 Å². The summed E-state index contributed by atoms with van der Waals surface area (Å²) in [6.45, 7) is 13.8. The average molecular weight is 291 g/mol. The maximum absolute atomic E-state index is 13.8. The molecule has 3 nitrogen and oxygen atoms in total. The minimum absolute atomic E-state index is 0.128. The summed E-state index contributed by atoms with van der Waals surface area (Å²) in [5.41, 5.74) is 1.93. The third-order valence-corrected chi connectivity index (χ3v) is 3.77. The van der Waals surface area contributed by atoms with Crippen LogP contribution in [0.3, 0.4) is 0 Å². The fourth-order valence-corrected chi connectivity index (χ4v) is 2.58. The quantitative estimate of drug-likeness (QED) is 0.813. The summed E-state index contributed by atoms with van der Waals surface area (Å²) in [4.78, 5) is 4.52. The zero-order chi connectivity index (χ0) is 15.2. The lowest BCUT2D eigenvalue weighted by molar-refractivity contribution is 0.275. The van der Waals surface area contributed by atoms with Gasteiger partial charge in [-0.15, -0.1) is 0 Å². The Morgan fingerprint density at radius 1 is 1.24 bits per heavy atom. The highest BCUT2D eigenvalue weighted by molar-refractivity contribution is 5.48. The van der Waals surface area contributed by atoms with Crippen LogP contribution >= 0.6 is 0 Å². The van der Waals surface area contributed by atoms with E-state index in [1.54, 1.807) is 6.07 Å². The van der Waals surface area contributed by atoms with Crippen molar-refractivity contribution in [2.45, 2.75) is 19.9 Å². The molecule has 1 saturated heterocycles. The van der Waals surface area contributed by atoms with Crippen molar-refractivity contribution in [2.75, 3.05) is 44.2 Å². The fourth-order valence-electron chi connectivity index (χ4n) is 2.58. The first-order chi connectivity index (χ1) is 10.1. The van der Waals surface area contributed by atoms with Crippen molar-refractivity contribution in [1.29, 1.82) is 0 Å². The van der Waals surface area contributed by atoms with Crippen molar-refractivity contribution in [3.63, 3.8) is 0 Å². The first-order valence-corrected chi connectivity index (χ1v) is 7.68. The van der Waals surface area contributed by atoms with Gasteiger partial charge in [0.1, 0.15) is 5.82 Å². The molecule has 1 aromatic rings. The van der Waals surface area contributed by atoms with Crippen molar-refractivity contribution in [1.82, 2.24) is 10.2 Å². The first kappa shape index (κ1) is 16.0. The Kier molecular flexibility index (Phi) is 5.76. The number of nitrogens with one attached hydrogen (secondary N) is 1. The van der Waals surface area contributed by atoms with Gasteiger partial charge in [0.05, 0.1) is 5.69 Å². The molecule has 1 N–H and O–H groups in total. The highest BCUT2D eigenvalue weighted by Crippen LogP contribution is 2.20. The number of rotatable bonds is 6.